The molecule has 0 spiro atoms. The molecule has 0 aliphatic carbocycles. The van der Waals surface area contributed by atoms with E-state index < -0.39 is 30.5 Å². The second-order valence-electron chi connectivity index (χ2n) is 9.01. The van der Waals surface area contributed by atoms with Crippen molar-refractivity contribution in [1.82, 2.24) is 14.6 Å². The Kier molecular flexibility index (Phi) is 7.09. The number of hydrogen-bond donors (Lipinski definition) is 1. The second-order valence-corrected chi connectivity index (χ2v) is 13.4. The van der Waals surface area contributed by atoms with Gasteiger partial charge in [0.2, 0.25) is 15.9 Å². The summed E-state index contributed by atoms with van der Waals surface area (Å²) in [5.74, 6) is -0.348. The Bertz CT molecular complexity index is 1500. The number of nitrogens with zero attached hydrogens (tertiary/aromatic N) is 2. The van der Waals surface area contributed by atoms with Gasteiger partial charge in [0.25, 0.3) is 0 Å². The monoisotopic (exact) mass is 531 g/mol. The molecule has 0 bridgehead atoms. The summed E-state index contributed by atoms with van der Waals surface area (Å²) in [5, 5.41) is 3.45. The number of carbonyl (C=O) groups excluding carboxylic acids is 1. The third-order valence-corrected chi connectivity index (χ3v) is 10.2. The summed E-state index contributed by atoms with van der Waals surface area (Å²) in [5.41, 5.74) is 3.06. The number of ether oxygens (including phenoxy) is 1. The van der Waals surface area contributed by atoms with E-state index in [9.17, 15) is 21.6 Å². The van der Waals surface area contributed by atoms with E-state index in [0.717, 1.165) is 32.7 Å². The van der Waals surface area contributed by atoms with Crippen LogP contribution in [-0.4, -0.2) is 64.2 Å². The van der Waals surface area contributed by atoms with Gasteiger partial charge in [-0.05, 0) is 36.8 Å². The number of pyridine rings is 1. The van der Waals surface area contributed by atoms with Gasteiger partial charge in [0.1, 0.15) is 17.1 Å². The van der Waals surface area contributed by atoms with Crippen LogP contribution < -0.4 is 10.1 Å². The molecule has 36 heavy (non-hydrogen) atoms. The van der Waals surface area contributed by atoms with Crippen LogP contribution in [0.1, 0.15) is 23.2 Å². The Morgan fingerprint density at radius 2 is 1.86 bits per heavy atom. The average Bonchev–Trinajstić information content (AvgIpc) is 2.83. The van der Waals surface area contributed by atoms with E-state index in [1.54, 1.807) is 24.3 Å². The van der Waals surface area contributed by atoms with E-state index in [1.807, 2.05) is 37.3 Å². The van der Waals surface area contributed by atoms with Crippen molar-refractivity contribution in [3.8, 4) is 5.75 Å². The van der Waals surface area contributed by atoms with Crippen LogP contribution >= 0.6 is 0 Å². The van der Waals surface area contributed by atoms with E-state index in [1.165, 1.54) is 7.05 Å². The van der Waals surface area contributed by atoms with Crippen LogP contribution in [0.2, 0.25) is 0 Å². The van der Waals surface area contributed by atoms with Crippen LogP contribution in [0.15, 0.2) is 54.6 Å². The van der Waals surface area contributed by atoms with Crippen LogP contribution in [0.3, 0.4) is 0 Å². The topological polar surface area (TPSA) is 123 Å². The molecule has 0 saturated carbocycles. The number of aryl methyl sites for hydroxylation is 1. The Balaban J connectivity index is 1.65. The number of carbonyl (C=O) groups is 1. The Labute approximate surface area is 211 Å². The third kappa shape index (κ3) is 5.09. The summed E-state index contributed by atoms with van der Waals surface area (Å²) < 4.78 is 56.6. The molecule has 1 atom stereocenters. The molecule has 0 radical (unpaired) electrons. The standard InChI is InChI=1S/C25H29N3O6S2/c1-18-14-19(22-6-4-5-7-23(22)27-18)16-34-21-10-8-20(9-11-21)25(15-24(29)26-2)17-28(35(3,30)31)12-13-36(25,32)33/h4-11,14H,12-13,15-17H2,1-3H3,(H,26,29). The lowest BCUT2D eigenvalue weighted by Crippen LogP contribution is -2.57. The van der Waals surface area contributed by atoms with Crippen molar-refractivity contribution in [1.29, 1.82) is 0 Å². The Morgan fingerprint density at radius 1 is 1.17 bits per heavy atom. The number of sulfonamides is 1. The van der Waals surface area contributed by atoms with E-state index in [0.29, 0.717) is 11.3 Å². The fourth-order valence-electron chi connectivity index (χ4n) is 4.58. The molecule has 1 aliphatic rings. The van der Waals surface area contributed by atoms with Crippen molar-refractivity contribution >= 4 is 36.7 Å². The normalized spacial score (nSPS) is 20.2. The predicted octanol–water partition coefficient (Wildman–Crippen LogP) is 2.14. The Morgan fingerprint density at radius 3 is 2.53 bits per heavy atom. The fourth-order valence-corrected chi connectivity index (χ4v) is 7.70. The van der Waals surface area contributed by atoms with E-state index >= 15 is 0 Å². The molecule has 4 rings (SSSR count). The number of amides is 1. The smallest absolute Gasteiger partial charge is 0.221 e. The zero-order valence-corrected chi connectivity index (χ0v) is 22.0. The number of aromatic nitrogens is 1. The van der Waals surface area contributed by atoms with Gasteiger partial charge in [-0.3, -0.25) is 9.78 Å². The van der Waals surface area contributed by atoms with Gasteiger partial charge in [-0.15, -0.1) is 0 Å². The number of sulfone groups is 1. The Hall–Kier alpha value is -3.02. The first kappa shape index (κ1) is 26.1. The number of rotatable bonds is 7. The minimum absolute atomic E-state index is 0.142. The first-order chi connectivity index (χ1) is 16.9. The average molecular weight is 532 g/mol. The van der Waals surface area contributed by atoms with Crippen molar-refractivity contribution in [2.45, 2.75) is 24.7 Å². The van der Waals surface area contributed by atoms with Crippen molar-refractivity contribution in [2.75, 3.05) is 32.1 Å². The van der Waals surface area contributed by atoms with E-state index in [-0.39, 0.29) is 31.9 Å². The van der Waals surface area contributed by atoms with Gasteiger partial charge in [0.05, 0.1) is 23.9 Å². The highest BCUT2D eigenvalue weighted by molar-refractivity contribution is 7.93. The number of hydrogen-bond acceptors (Lipinski definition) is 7. The second kappa shape index (κ2) is 9.79. The summed E-state index contributed by atoms with van der Waals surface area (Å²) in [4.78, 5) is 16.9. The third-order valence-electron chi connectivity index (χ3n) is 6.54. The van der Waals surface area contributed by atoms with Crippen molar-refractivity contribution in [3.63, 3.8) is 0 Å². The minimum Gasteiger partial charge on any atom is -0.489 e. The van der Waals surface area contributed by atoms with Crippen LogP contribution in [0, 0.1) is 6.92 Å². The molecule has 11 heteroatoms. The molecule has 2 heterocycles. The van der Waals surface area contributed by atoms with Crippen LogP contribution in [0.5, 0.6) is 5.75 Å². The number of para-hydroxylation sites is 1. The van der Waals surface area contributed by atoms with Gasteiger partial charge in [0, 0.05) is 36.8 Å². The summed E-state index contributed by atoms with van der Waals surface area (Å²) in [6.07, 6.45) is 0.650. The molecule has 9 nitrogen and oxygen atoms in total. The summed E-state index contributed by atoms with van der Waals surface area (Å²) in [6.45, 7) is 1.73. The lowest BCUT2D eigenvalue weighted by molar-refractivity contribution is -0.121. The maximum atomic E-state index is 13.3. The molecular weight excluding hydrogens is 502 g/mol. The molecule has 2 aromatic carbocycles. The summed E-state index contributed by atoms with van der Waals surface area (Å²) >= 11 is 0. The van der Waals surface area contributed by atoms with Crippen LogP contribution in [0.4, 0.5) is 0 Å². The SMILES string of the molecule is CNC(=O)CC1(c2ccc(OCc3cc(C)nc4ccccc34)cc2)CN(S(C)(=O)=O)CCS1(=O)=O. The lowest BCUT2D eigenvalue weighted by Gasteiger charge is -2.41. The zero-order chi connectivity index (χ0) is 26.1. The maximum absolute atomic E-state index is 13.3. The lowest BCUT2D eigenvalue weighted by atomic mass is 9.93. The van der Waals surface area contributed by atoms with Gasteiger partial charge in [-0.1, -0.05) is 30.3 Å². The van der Waals surface area contributed by atoms with Crippen LogP contribution in [0.25, 0.3) is 10.9 Å². The number of nitrogens with one attached hydrogen (secondary N) is 1. The first-order valence-electron chi connectivity index (χ1n) is 11.4. The zero-order valence-electron chi connectivity index (χ0n) is 20.4. The number of benzene rings is 2. The highest BCUT2D eigenvalue weighted by Gasteiger charge is 2.52. The highest BCUT2D eigenvalue weighted by Crippen LogP contribution is 2.40. The molecule has 1 saturated heterocycles. The molecule has 1 fully saturated rings. The molecule has 3 aromatic rings. The summed E-state index contributed by atoms with van der Waals surface area (Å²) in [7, 11) is -6.09. The van der Waals surface area contributed by atoms with Gasteiger partial charge < -0.3 is 10.1 Å². The van der Waals surface area contributed by atoms with Crippen molar-refractivity contribution in [2.24, 2.45) is 0 Å². The van der Waals surface area contributed by atoms with Crippen molar-refractivity contribution in [3.05, 3.63) is 71.4 Å². The molecule has 1 aliphatic heterocycles. The van der Waals surface area contributed by atoms with E-state index in [2.05, 4.69) is 10.3 Å². The van der Waals surface area contributed by atoms with E-state index in [4.69, 9.17) is 4.74 Å². The van der Waals surface area contributed by atoms with Crippen molar-refractivity contribution < 1.29 is 26.4 Å². The molecule has 1 amide bonds. The molecule has 1 aromatic heterocycles. The first-order valence-corrected chi connectivity index (χ1v) is 14.9. The number of fused-ring (bicyclic) bond motifs is 1. The van der Waals surface area contributed by atoms with Gasteiger partial charge in [0.15, 0.2) is 9.84 Å². The largest absolute Gasteiger partial charge is 0.489 e. The van der Waals surface area contributed by atoms with Gasteiger partial charge in [-0.2, -0.15) is 4.31 Å². The molecule has 1 N–H and O–H groups in total. The molecule has 1 unspecified atom stereocenters. The summed E-state index contributed by atoms with van der Waals surface area (Å²) in [6, 6.07) is 16.2. The predicted molar refractivity (Wildman–Crippen MR) is 138 cm³/mol. The molecule has 192 valence electrons. The quantitative estimate of drug-likeness (QED) is 0.496. The van der Waals surface area contributed by atoms with Gasteiger partial charge >= 0.3 is 0 Å². The van der Waals surface area contributed by atoms with Gasteiger partial charge in [-0.25, -0.2) is 16.8 Å². The maximum Gasteiger partial charge on any atom is 0.221 e. The highest BCUT2D eigenvalue weighted by atomic mass is 32.2. The minimum atomic E-state index is -3.85. The molecular formula is C25H29N3O6S2. The van der Waals surface area contributed by atoms with Crippen LogP contribution in [-0.2, 0) is 36.0 Å². The fraction of sp³-hybridized carbons (Fsp3) is 0.360.